The maximum atomic E-state index is 12.0. The number of fused-ring (bicyclic) bond motifs is 5. The van der Waals surface area contributed by atoms with E-state index in [1.807, 2.05) is 0 Å². The van der Waals surface area contributed by atoms with Gasteiger partial charge in [0, 0.05) is 5.25 Å². The van der Waals surface area contributed by atoms with Gasteiger partial charge < -0.3 is 4.74 Å². The number of thioether (sulfide) groups is 1. The van der Waals surface area contributed by atoms with Crippen molar-refractivity contribution in [1.29, 1.82) is 0 Å². The lowest BCUT2D eigenvalue weighted by Crippen LogP contribution is -2.31. The van der Waals surface area contributed by atoms with Crippen LogP contribution in [0.2, 0.25) is 0 Å². The highest BCUT2D eigenvalue weighted by Gasteiger charge is 2.62. The Morgan fingerprint density at radius 2 is 1.16 bits per heavy atom. The topological polar surface area (TPSA) is 43.4 Å². The monoisotopic (exact) mass is 450 g/mol. The Labute approximate surface area is 195 Å². The molecule has 3 aliphatic rings. The van der Waals surface area contributed by atoms with Crippen molar-refractivity contribution >= 4 is 23.7 Å². The van der Waals surface area contributed by atoms with Crippen LogP contribution in [0.4, 0.5) is 0 Å². The SMILES string of the molecule is CCCCCCCCCCCCCCCCCCSC1CC2CC1C1C(=O)OC(=O)C21. The van der Waals surface area contributed by atoms with Crippen molar-refractivity contribution in [2.75, 3.05) is 5.75 Å². The molecule has 0 amide bonds. The highest BCUT2D eigenvalue weighted by Crippen LogP contribution is 2.58. The van der Waals surface area contributed by atoms with Gasteiger partial charge >= 0.3 is 11.9 Å². The third-order valence-corrected chi connectivity index (χ3v) is 9.51. The van der Waals surface area contributed by atoms with E-state index >= 15 is 0 Å². The summed E-state index contributed by atoms with van der Waals surface area (Å²) >= 11 is 2.07. The summed E-state index contributed by atoms with van der Waals surface area (Å²) in [5.41, 5.74) is 0. The Morgan fingerprint density at radius 3 is 1.71 bits per heavy atom. The number of carbonyl (C=O) groups excluding carboxylic acids is 2. The maximum Gasteiger partial charge on any atom is 0.317 e. The normalized spacial score (nSPS) is 29.0. The van der Waals surface area contributed by atoms with E-state index in [9.17, 15) is 9.59 Å². The van der Waals surface area contributed by atoms with E-state index in [1.165, 1.54) is 108 Å². The Bertz CT molecular complexity index is 549. The van der Waals surface area contributed by atoms with Gasteiger partial charge in [0.15, 0.2) is 0 Å². The lowest BCUT2D eigenvalue weighted by Gasteiger charge is -2.27. The van der Waals surface area contributed by atoms with Crippen LogP contribution in [0.25, 0.3) is 0 Å². The van der Waals surface area contributed by atoms with Crippen molar-refractivity contribution in [1.82, 2.24) is 0 Å². The molecular formula is C27H46O3S. The largest absolute Gasteiger partial charge is 0.393 e. The molecule has 0 aromatic heterocycles. The second kappa shape index (κ2) is 13.9. The minimum absolute atomic E-state index is 0.0927. The molecule has 1 heterocycles. The molecule has 0 aromatic rings. The van der Waals surface area contributed by atoms with Gasteiger partial charge in [0.1, 0.15) is 0 Å². The smallest absolute Gasteiger partial charge is 0.317 e. The molecule has 3 fully saturated rings. The summed E-state index contributed by atoms with van der Waals surface area (Å²) in [7, 11) is 0. The standard InChI is InChI=1S/C27H46O3S/c1-2-3-4-5-6-7-8-9-10-11-12-13-14-15-16-17-18-31-23-20-21-19-22(23)25-24(21)26(28)30-27(25)29/h21-25H,2-20H2,1H3. The number of ether oxygens (including phenoxy) is 1. The Morgan fingerprint density at radius 1 is 0.677 bits per heavy atom. The van der Waals surface area contributed by atoms with Crippen molar-refractivity contribution in [2.24, 2.45) is 23.7 Å². The molecule has 1 aliphatic heterocycles. The zero-order valence-electron chi connectivity index (χ0n) is 20.0. The number of cyclic esters (lactones) is 2. The van der Waals surface area contributed by atoms with E-state index in [2.05, 4.69) is 18.7 Å². The maximum absolute atomic E-state index is 12.0. The number of unbranched alkanes of at least 4 members (excludes halogenated alkanes) is 15. The van der Waals surface area contributed by atoms with Gasteiger partial charge in [-0.1, -0.05) is 103 Å². The summed E-state index contributed by atoms with van der Waals surface area (Å²) in [6, 6.07) is 0. The molecule has 5 atom stereocenters. The molecule has 4 heteroatoms. The molecule has 5 unspecified atom stereocenters. The third kappa shape index (κ3) is 7.51. The lowest BCUT2D eigenvalue weighted by molar-refractivity contribution is -0.154. The quantitative estimate of drug-likeness (QED) is 0.122. The lowest BCUT2D eigenvalue weighted by atomic mass is 9.81. The molecular weight excluding hydrogens is 404 g/mol. The van der Waals surface area contributed by atoms with Crippen molar-refractivity contribution in [3.05, 3.63) is 0 Å². The molecule has 0 N–H and O–H groups in total. The van der Waals surface area contributed by atoms with Gasteiger partial charge in [-0.15, -0.1) is 0 Å². The summed E-state index contributed by atoms with van der Waals surface area (Å²) in [4.78, 5) is 23.8. The zero-order chi connectivity index (χ0) is 21.9. The molecule has 31 heavy (non-hydrogen) atoms. The van der Waals surface area contributed by atoms with Crippen LogP contribution in [0.3, 0.4) is 0 Å². The molecule has 0 radical (unpaired) electrons. The van der Waals surface area contributed by atoms with Gasteiger partial charge in [0.05, 0.1) is 11.8 Å². The average molecular weight is 451 g/mol. The number of carbonyl (C=O) groups is 2. The van der Waals surface area contributed by atoms with Gasteiger partial charge in [-0.3, -0.25) is 9.59 Å². The van der Waals surface area contributed by atoms with Crippen LogP contribution in [-0.4, -0.2) is 22.9 Å². The van der Waals surface area contributed by atoms with E-state index in [4.69, 9.17) is 4.74 Å². The predicted molar refractivity (Wildman–Crippen MR) is 130 cm³/mol. The van der Waals surface area contributed by atoms with Gasteiger partial charge in [0.2, 0.25) is 0 Å². The van der Waals surface area contributed by atoms with Crippen LogP contribution >= 0.6 is 11.8 Å². The highest BCUT2D eigenvalue weighted by atomic mass is 32.2. The minimum Gasteiger partial charge on any atom is -0.393 e. The zero-order valence-corrected chi connectivity index (χ0v) is 20.8. The number of esters is 2. The summed E-state index contributed by atoms with van der Waals surface area (Å²) in [6.07, 6.45) is 24.8. The molecule has 2 saturated carbocycles. The molecule has 3 rings (SSSR count). The second-order valence-corrected chi connectivity index (χ2v) is 11.7. The van der Waals surface area contributed by atoms with E-state index in [1.54, 1.807) is 0 Å². The van der Waals surface area contributed by atoms with Gasteiger partial charge in [-0.05, 0) is 36.9 Å². The molecule has 0 aromatic carbocycles. The summed E-state index contributed by atoms with van der Waals surface area (Å²) in [5.74, 6) is 1.38. The summed E-state index contributed by atoms with van der Waals surface area (Å²) in [5, 5.41) is 0.584. The van der Waals surface area contributed by atoms with Crippen LogP contribution < -0.4 is 0 Å². The van der Waals surface area contributed by atoms with Gasteiger partial charge in [0.25, 0.3) is 0 Å². The fraction of sp³-hybridized carbons (Fsp3) is 0.926. The van der Waals surface area contributed by atoms with Crippen LogP contribution in [0.15, 0.2) is 0 Å². The fourth-order valence-electron chi connectivity index (χ4n) is 6.27. The molecule has 1 saturated heterocycles. The van der Waals surface area contributed by atoms with Gasteiger partial charge in [-0.25, -0.2) is 0 Å². The van der Waals surface area contributed by atoms with E-state index in [0.29, 0.717) is 17.1 Å². The van der Waals surface area contributed by atoms with Gasteiger partial charge in [-0.2, -0.15) is 11.8 Å². The minimum atomic E-state index is -0.233. The molecule has 0 spiro atoms. The molecule has 178 valence electrons. The number of rotatable bonds is 18. The Balaban J connectivity index is 1.07. The summed E-state index contributed by atoms with van der Waals surface area (Å²) in [6.45, 7) is 2.29. The van der Waals surface area contributed by atoms with Crippen molar-refractivity contribution < 1.29 is 14.3 Å². The number of hydrogen-bond acceptors (Lipinski definition) is 4. The first kappa shape index (κ1) is 25.1. The molecule has 3 nitrogen and oxygen atoms in total. The number of hydrogen-bond donors (Lipinski definition) is 0. The molecule has 2 aliphatic carbocycles. The predicted octanol–water partition coefficient (Wildman–Crippen LogP) is 7.71. The first-order valence-electron chi connectivity index (χ1n) is 13.6. The Kier molecular flexibility index (Phi) is 11.3. The van der Waals surface area contributed by atoms with Crippen LogP contribution in [0.5, 0.6) is 0 Å². The van der Waals surface area contributed by atoms with Crippen molar-refractivity contribution in [3.63, 3.8) is 0 Å². The average Bonchev–Trinajstić information content (AvgIpc) is 3.42. The first-order valence-corrected chi connectivity index (χ1v) is 14.6. The van der Waals surface area contributed by atoms with Crippen LogP contribution in [0.1, 0.15) is 122 Å². The van der Waals surface area contributed by atoms with Crippen LogP contribution in [0, 0.1) is 23.7 Å². The highest BCUT2D eigenvalue weighted by molar-refractivity contribution is 7.99. The summed E-state index contributed by atoms with van der Waals surface area (Å²) < 4.78 is 4.91. The third-order valence-electron chi connectivity index (χ3n) is 8.02. The van der Waals surface area contributed by atoms with Crippen molar-refractivity contribution in [2.45, 2.75) is 128 Å². The second-order valence-electron chi connectivity index (χ2n) is 10.4. The van der Waals surface area contributed by atoms with Crippen LogP contribution in [-0.2, 0) is 14.3 Å². The van der Waals surface area contributed by atoms with E-state index in [0.717, 1.165) is 12.8 Å². The van der Waals surface area contributed by atoms with E-state index < -0.39 is 0 Å². The first-order chi connectivity index (χ1) is 15.2. The van der Waals surface area contributed by atoms with Crippen molar-refractivity contribution in [3.8, 4) is 0 Å². The van der Waals surface area contributed by atoms with E-state index in [-0.39, 0.29) is 23.8 Å². The molecule has 2 bridgehead atoms. The Hall–Kier alpha value is -0.510. The fourth-order valence-corrected chi connectivity index (χ4v) is 7.86.